The van der Waals surface area contributed by atoms with Crippen LogP contribution in [0.5, 0.6) is 0 Å². The molecule has 6 heteroatoms. The number of nitrogens with one attached hydrogen (secondary N) is 1. The molecule has 3 N–H and O–H groups in total. The van der Waals surface area contributed by atoms with Crippen molar-refractivity contribution >= 4 is 24.3 Å². The summed E-state index contributed by atoms with van der Waals surface area (Å²) < 4.78 is 1.99. The van der Waals surface area contributed by atoms with Gasteiger partial charge >= 0.3 is 0 Å². The zero-order valence-corrected chi connectivity index (χ0v) is 13.0. The summed E-state index contributed by atoms with van der Waals surface area (Å²) in [7, 11) is 0. The molecule has 0 aromatic carbocycles. The van der Waals surface area contributed by atoms with E-state index < -0.39 is 0 Å². The first-order valence-corrected chi connectivity index (χ1v) is 7.14. The Morgan fingerprint density at radius 2 is 2.30 bits per heavy atom. The molecule has 1 aliphatic carbocycles. The predicted octanol–water partition coefficient (Wildman–Crippen LogP) is 2.42. The summed E-state index contributed by atoms with van der Waals surface area (Å²) in [6, 6.07) is 0.167. The van der Waals surface area contributed by atoms with E-state index in [9.17, 15) is 4.79 Å². The van der Waals surface area contributed by atoms with Crippen molar-refractivity contribution in [1.29, 1.82) is 0 Å². The highest BCUT2D eigenvalue weighted by molar-refractivity contribution is 5.91. The molecule has 2 rings (SSSR count). The summed E-state index contributed by atoms with van der Waals surface area (Å²) in [5.41, 5.74) is 5.93. The Labute approximate surface area is 126 Å². The summed E-state index contributed by atoms with van der Waals surface area (Å²) in [4.78, 5) is 16.5. The Kier molecular flexibility index (Phi) is 6.49. The Balaban J connectivity index is 0.00000200. The van der Waals surface area contributed by atoms with Crippen molar-refractivity contribution in [2.45, 2.75) is 52.1 Å². The molecule has 0 spiro atoms. The lowest BCUT2D eigenvalue weighted by Gasteiger charge is -2.25. The Morgan fingerprint density at radius 3 is 2.95 bits per heavy atom. The van der Waals surface area contributed by atoms with Crippen LogP contribution >= 0.6 is 12.4 Å². The molecule has 1 fully saturated rings. The van der Waals surface area contributed by atoms with Crippen molar-refractivity contribution in [3.63, 3.8) is 0 Å². The first-order chi connectivity index (χ1) is 9.06. The molecule has 1 aromatic heterocycles. The van der Waals surface area contributed by atoms with Gasteiger partial charge in [-0.3, -0.25) is 10.1 Å². The van der Waals surface area contributed by atoms with Crippen LogP contribution in [0.1, 0.15) is 39.5 Å². The van der Waals surface area contributed by atoms with Gasteiger partial charge in [0.1, 0.15) is 0 Å². The van der Waals surface area contributed by atoms with Crippen molar-refractivity contribution < 1.29 is 4.79 Å². The molecule has 2 unspecified atom stereocenters. The summed E-state index contributed by atoms with van der Waals surface area (Å²) in [5, 5.41) is 2.94. The second kappa shape index (κ2) is 7.64. The van der Waals surface area contributed by atoms with Gasteiger partial charge in [0.2, 0.25) is 11.9 Å². The lowest BCUT2D eigenvalue weighted by atomic mass is 9.85. The number of nitrogens with two attached hydrogens (primary N) is 1. The molecular weight excluding hydrogens is 276 g/mol. The number of nitrogens with zero attached hydrogens (tertiary/aromatic N) is 2. The van der Waals surface area contributed by atoms with Gasteiger partial charge in [-0.15, -0.1) is 12.4 Å². The van der Waals surface area contributed by atoms with E-state index in [2.05, 4.69) is 24.1 Å². The van der Waals surface area contributed by atoms with Crippen LogP contribution in [0.25, 0.3) is 0 Å². The third-order valence-corrected chi connectivity index (χ3v) is 3.60. The number of imidazole rings is 1. The molecule has 1 aromatic rings. The highest BCUT2D eigenvalue weighted by Gasteiger charge is 2.26. The summed E-state index contributed by atoms with van der Waals surface area (Å²) in [5.74, 6) is 1.27. The largest absolute Gasteiger partial charge is 0.328 e. The van der Waals surface area contributed by atoms with E-state index >= 15 is 0 Å². The zero-order valence-electron chi connectivity index (χ0n) is 12.2. The van der Waals surface area contributed by atoms with Gasteiger partial charge in [0.05, 0.1) is 0 Å². The number of amides is 1. The van der Waals surface area contributed by atoms with Crippen LogP contribution in [-0.2, 0) is 11.3 Å². The third kappa shape index (κ3) is 4.49. The maximum absolute atomic E-state index is 12.2. The number of carbonyl (C=O) groups is 1. The van der Waals surface area contributed by atoms with Gasteiger partial charge in [-0.25, -0.2) is 4.98 Å². The van der Waals surface area contributed by atoms with Crippen molar-refractivity contribution in [3.05, 3.63) is 12.4 Å². The molecule has 20 heavy (non-hydrogen) atoms. The lowest BCUT2D eigenvalue weighted by molar-refractivity contribution is -0.121. The van der Waals surface area contributed by atoms with E-state index in [1.54, 1.807) is 6.20 Å². The second-order valence-corrected chi connectivity index (χ2v) is 5.91. The SMILES string of the molecule is CC(C)Cn1ccnc1NC(=O)C1CCCC(N)C1.Cl. The summed E-state index contributed by atoms with van der Waals surface area (Å²) in [6.45, 7) is 5.15. The van der Waals surface area contributed by atoms with Gasteiger partial charge in [-0.05, 0) is 25.2 Å². The Bertz CT molecular complexity index is 433. The van der Waals surface area contributed by atoms with Gasteiger partial charge in [0, 0.05) is 30.9 Å². The fourth-order valence-corrected chi connectivity index (χ4v) is 2.65. The highest BCUT2D eigenvalue weighted by Crippen LogP contribution is 2.24. The van der Waals surface area contributed by atoms with E-state index in [1.165, 1.54) is 0 Å². The zero-order chi connectivity index (χ0) is 13.8. The van der Waals surface area contributed by atoms with E-state index in [-0.39, 0.29) is 30.3 Å². The predicted molar refractivity (Wildman–Crippen MR) is 82.9 cm³/mol. The standard InChI is InChI=1S/C14H24N4O.ClH/c1-10(2)9-18-7-6-16-14(18)17-13(19)11-4-3-5-12(15)8-11;/h6-7,10-12H,3-5,8-9,15H2,1-2H3,(H,16,17,19);1H. The van der Waals surface area contributed by atoms with Crippen molar-refractivity contribution in [2.24, 2.45) is 17.6 Å². The van der Waals surface area contributed by atoms with Gasteiger partial charge in [-0.2, -0.15) is 0 Å². The minimum atomic E-state index is 0. The second-order valence-electron chi connectivity index (χ2n) is 5.91. The van der Waals surface area contributed by atoms with Crippen molar-refractivity contribution in [2.75, 3.05) is 5.32 Å². The molecule has 0 radical (unpaired) electrons. The molecule has 2 atom stereocenters. The number of hydrogen-bond donors (Lipinski definition) is 2. The van der Waals surface area contributed by atoms with Gasteiger partial charge in [0.15, 0.2) is 0 Å². The third-order valence-electron chi connectivity index (χ3n) is 3.60. The molecule has 0 bridgehead atoms. The van der Waals surface area contributed by atoms with E-state index in [1.807, 2.05) is 10.8 Å². The molecule has 5 nitrogen and oxygen atoms in total. The minimum absolute atomic E-state index is 0. The molecule has 0 saturated heterocycles. The molecule has 1 heterocycles. The highest BCUT2D eigenvalue weighted by atomic mass is 35.5. The number of rotatable bonds is 4. The van der Waals surface area contributed by atoms with Crippen LogP contribution in [0.4, 0.5) is 5.95 Å². The van der Waals surface area contributed by atoms with Crippen LogP contribution in [0.3, 0.4) is 0 Å². The topological polar surface area (TPSA) is 72.9 Å². The van der Waals surface area contributed by atoms with Crippen molar-refractivity contribution in [3.8, 4) is 0 Å². The van der Waals surface area contributed by atoms with Crippen molar-refractivity contribution in [1.82, 2.24) is 9.55 Å². The molecule has 1 aliphatic rings. The number of halogens is 1. The number of anilines is 1. The normalized spacial score (nSPS) is 22.4. The van der Waals surface area contributed by atoms with Crippen LogP contribution in [0, 0.1) is 11.8 Å². The average molecular weight is 301 g/mol. The van der Waals surface area contributed by atoms with Gasteiger partial charge < -0.3 is 10.3 Å². The van der Waals surface area contributed by atoms with Crippen LogP contribution in [-0.4, -0.2) is 21.5 Å². The van der Waals surface area contributed by atoms with Crippen LogP contribution in [0.2, 0.25) is 0 Å². The smallest absolute Gasteiger partial charge is 0.229 e. The quantitative estimate of drug-likeness (QED) is 0.897. The van der Waals surface area contributed by atoms with E-state index in [0.29, 0.717) is 11.9 Å². The average Bonchev–Trinajstić information content (AvgIpc) is 2.75. The maximum Gasteiger partial charge on any atom is 0.229 e. The summed E-state index contributed by atoms with van der Waals surface area (Å²) >= 11 is 0. The molecular formula is C14H25ClN4O. The van der Waals surface area contributed by atoms with Gasteiger partial charge in [-0.1, -0.05) is 20.3 Å². The van der Waals surface area contributed by atoms with Crippen LogP contribution in [0.15, 0.2) is 12.4 Å². The monoisotopic (exact) mass is 300 g/mol. The van der Waals surface area contributed by atoms with Crippen LogP contribution < -0.4 is 11.1 Å². The first-order valence-electron chi connectivity index (χ1n) is 7.14. The van der Waals surface area contributed by atoms with E-state index in [0.717, 1.165) is 32.2 Å². The molecule has 1 saturated carbocycles. The fraction of sp³-hybridized carbons (Fsp3) is 0.714. The molecule has 1 amide bonds. The maximum atomic E-state index is 12.2. The number of hydrogen-bond acceptors (Lipinski definition) is 3. The Morgan fingerprint density at radius 1 is 1.55 bits per heavy atom. The summed E-state index contributed by atoms with van der Waals surface area (Å²) in [6.07, 6.45) is 7.43. The minimum Gasteiger partial charge on any atom is -0.328 e. The Hall–Kier alpha value is -1.07. The van der Waals surface area contributed by atoms with Gasteiger partial charge in [0.25, 0.3) is 0 Å². The number of aromatic nitrogens is 2. The fourth-order valence-electron chi connectivity index (χ4n) is 2.65. The van der Waals surface area contributed by atoms with E-state index in [4.69, 9.17) is 5.73 Å². The lowest BCUT2D eigenvalue weighted by Crippen LogP contribution is -2.34. The molecule has 114 valence electrons. The first kappa shape index (κ1) is 17.0. The molecule has 0 aliphatic heterocycles. The number of carbonyl (C=O) groups excluding carboxylic acids is 1.